The van der Waals surface area contributed by atoms with Crippen molar-refractivity contribution < 1.29 is 9.53 Å². The molecule has 2 aromatic heterocycles. The van der Waals surface area contributed by atoms with Gasteiger partial charge >= 0.3 is 5.97 Å². The quantitative estimate of drug-likeness (QED) is 0.534. The highest BCUT2D eigenvalue weighted by molar-refractivity contribution is 7.09. The van der Waals surface area contributed by atoms with E-state index in [1.54, 1.807) is 40.9 Å². The average Bonchev–Trinajstić information content (AvgIpc) is 3.19. The topological polar surface area (TPSA) is 69.9 Å². The predicted octanol–water partition coefficient (Wildman–Crippen LogP) is 2.26. The van der Waals surface area contributed by atoms with Gasteiger partial charge in [0.05, 0.1) is 30.0 Å². The lowest BCUT2D eigenvalue weighted by molar-refractivity contribution is -0.134. The largest absolute Gasteiger partial charge is 0.427 e. The molecular weight excluding hydrogens is 288 g/mol. The summed E-state index contributed by atoms with van der Waals surface area (Å²) in [6.45, 7) is 0. The lowest BCUT2D eigenvalue weighted by Gasteiger charge is -2.05. The Morgan fingerprint density at radius 2 is 2.14 bits per heavy atom. The molecule has 1 aromatic carbocycles. The van der Waals surface area contributed by atoms with E-state index in [1.165, 1.54) is 11.3 Å². The smallest absolute Gasteiger partial charge is 0.311 e. The number of hydrogen-bond acceptors (Lipinski definition) is 6. The van der Waals surface area contributed by atoms with Crippen molar-refractivity contribution >= 4 is 17.3 Å². The first kappa shape index (κ1) is 13.4. The number of esters is 1. The summed E-state index contributed by atoms with van der Waals surface area (Å²) in [6.07, 6.45) is 6.11. The monoisotopic (exact) mass is 300 g/mol. The molecule has 0 atom stereocenters. The average molecular weight is 300 g/mol. The van der Waals surface area contributed by atoms with E-state index < -0.39 is 0 Å². The van der Waals surface area contributed by atoms with Crippen molar-refractivity contribution in [2.75, 3.05) is 0 Å². The molecule has 2 heterocycles. The maximum atomic E-state index is 11.8. The molecule has 3 aromatic rings. The third-order valence-electron chi connectivity index (χ3n) is 2.81. The summed E-state index contributed by atoms with van der Waals surface area (Å²) in [5.74, 6) is 0.269. The van der Waals surface area contributed by atoms with Crippen molar-refractivity contribution in [3.8, 4) is 11.4 Å². The Balaban J connectivity index is 1.56. The summed E-state index contributed by atoms with van der Waals surface area (Å²) in [5, 5.41) is 7.63. The van der Waals surface area contributed by atoms with Crippen LogP contribution in [0.3, 0.4) is 0 Å². The summed E-state index contributed by atoms with van der Waals surface area (Å²) < 4.78 is 6.92. The van der Waals surface area contributed by atoms with E-state index in [9.17, 15) is 4.79 Å². The lowest BCUT2D eigenvalue weighted by atomic mass is 10.3. The number of thiazole rings is 1. The number of benzene rings is 1. The highest BCUT2D eigenvalue weighted by atomic mass is 32.1. The first-order chi connectivity index (χ1) is 10.3. The summed E-state index contributed by atoms with van der Waals surface area (Å²) >= 11 is 1.54. The van der Waals surface area contributed by atoms with E-state index in [1.807, 2.05) is 12.1 Å². The second-order valence-electron chi connectivity index (χ2n) is 4.28. The molecule has 0 aliphatic carbocycles. The minimum Gasteiger partial charge on any atom is -0.427 e. The van der Waals surface area contributed by atoms with Gasteiger partial charge in [-0.2, -0.15) is 0 Å². The van der Waals surface area contributed by atoms with Crippen LogP contribution in [0.5, 0.6) is 5.75 Å². The molecule has 0 bridgehead atoms. The normalized spacial score (nSPS) is 10.5. The molecule has 0 unspecified atom stereocenters. The second-order valence-corrected chi connectivity index (χ2v) is 5.25. The summed E-state index contributed by atoms with van der Waals surface area (Å²) in [5.41, 5.74) is 2.61. The molecule has 0 spiro atoms. The van der Waals surface area contributed by atoms with Crippen LogP contribution >= 0.6 is 11.3 Å². The van der Waals surface area contributed by atoms with E-state index >= 15 is 0 Å². The zero-order valence-corrected chi connectivity index (χ0v) is 11.9. The Morgan fingerprint density at radius 1 is 1.29 bits per heavy atom. The summed E-state index contributed by atoms with van der Waals surface area (Å²) in [4.78, 5) is 16.8. The van der Waals surface area contributed by atoms with Crippen molar-refractivity contribution in [1.82, 2.24) is 20.0 Å². The number of nitrogens with zero attached hydrogens (tertiary/aromatic N) is 4. The van der Waals surface area contributed by atoms with E-state index in [0.717, 1.165) is 10.6 Å². The highest BCUT2D eigenvalue weighted by Gasteiger charge is 2.07. The van der Waals surface area contributed by atoms with E-state index in [4.69, 9.17) is 4.74 Å². The molecule has 6 nitrogen and oxygen atoms in total. The SMILES string of the molecule is O=C(CCc1cncs1)Oc1ccc(-n2ccnn2)cc1. The molecule has 0 radical (unpaired) electrons. The Morgan fingerprint density at radius 3 is 2.81 bits per heavy atom. The summed E-state index contributed by atoms with van der Waals surface area (Å²) in [7, 11) is 0. The predicted molar refractivity (Wildman–Crippen MR) is 77.4 cm³/mol. The highest BCUT2D eigenvalue weighted by Crippen LogP contribution is 2.16. The first-order valence-corrected chi connectivity index (χ1v) is 7.24. The van der Waals surface area contributed by atoms with Gasteiger partial charge in [0.2, 0.25) is 0 Å². The lowest BCUT2D eigenvalue weighted by Crippen LogP contribution is -2.08. The van der Waals surface area contributed by atoms with Gasteiger partial charge in [0.1, 0.15) is 5.75 Å². The zero-order valence-electron chi connectivity index (χ0n) is 11.0. The van der Waals surface area contributed by atoms with Crippen molar-refractivity contribution in [3.63, 3.8) is 0 Å². The molecule has 0 saturated carbocycles. The molecule has 0 saturated heterocycles. The fraction of sp³-hybridized carbons (Fsp3) is 0.143. The molecule has 21 heavy (non-hydrogen) atoms. The summed E-state index contributed by atoms with van der Waals surface area (Å²) in [6, 6.07) is 7.12. The van der Waals surface area contributed by atoms with Gasteiger partial charge in [0.25, 0.3) is 0 Å². The number of hydrogen-bond donors (Lipinski definition) is 0. The van der Waals surface area contributed by atoms with Crippen molar-refractivity contribution in [2.45, 2.75) is 12.8 Å². The Kier molecular flexibility index (Phi) is 4.02. The van der Waals surface area contributed by atoms with Crippen molar-refractivity contribution in [1.29, 1.82) is 0 Å². The van der Waals surface area contributed by atoms with Crippen LogP contribution in [0.4, 0.5) is 0 Å². The van der Waals surface area contributed by atoms with Gasteiger partial charge < -0.3 is 4.74 Å². The van der Waals surface area contributed by atoms with E-state index in [2.05, 4.69) is 15.3 Å². The molecule has 7 heteroatoms. The fourth-order valence-corrected chi connectivity index (χ4v) is 2.38. The number of carbonyl (C=O) groups is 1. The van der Waals surface area contributed by atoms with Crippen LogP contribution in [0.25, 0.3) is 5.69 Å². The van der Waals surface area contributed by atoms with Gasteiger partial charge in [-0.25, -0.2) is 4.68 Å². The van der Waals surface area contributed by atoms with Gasteiger partial charge in [0, 0.05) is 11.1 Å². The number of rotatable bonds is 5. The van der Waals surface area contributed by atoms with Crippen LogP contribution in [-0.2, 0) is 11.2 Å². The molecule has 0 aliphatic heterocycles. The minimum atomic E-state index is -0.253. The van der Waals surface area contributed by atoms with Gasteiger partial charge in [-0.05, 0) is 30.7 Å². The zero-order chi connectivity index (χ0) is 14.5. The first-order valence-electron chi connectivity index (χ1n) is 6.36. The Labute approximate surface area is 125 Å². The minimum absolute atomic E-state index is 0.253. The molecule has 106 valence electrons. The standard InChI is InChI=1S/C14H12N4O2S/c19-14(6-5-13-9-15-10-21-13)20-12-3-1-11(2-4-12)18-8-7-16-17-18/h1-4,7-10H,5-6H2. The second kappa shape index (κ2) is 6.27. The van der Waals surface area contributed by atoms with Crippen molar-refractivity contribution in [3.05, 3.63) is 53.2 Å². The van der Waals surface area contributed by atoms with Crippen LogP contribution in [0.15, 0.2) is 48.4 Å². The van der Waals surface area contributed by atoms with E-state index in [0.29, 0.717) is 18.6 Å². The molecular formula is C14H12N4O2S. The number of aryl methyl sites for hydroxylation is 1. The Hall–Kier alpha value is -2.54. The van der Waals surface area contributed by atoms with Crippen molar-refractivity contribution in [2.24, 2.45) is 0 Å². The number of carbonyl (C=O) groups excluding carboxylic acids is 1. The third-order valence-corrected chi connectivity index (χ3v) is 3.65. The third kappa shape index (κ3) is 3.51. The van der Waals surface area contributed by atoms with Gasteiger partial charge in [-0.15, -0.1) is 16.4 Å². The van der Waals surface area contributed by atoms with Crippen LogP contribution in [-0.4, -0.2) is 25.9 Å². The number of aromatic nitrogens is 4. The molecule has 3 rings (SSSR count). The Bertz CT molecular complexity index is 693. The van der Waals surface area contributed by atoms with Gasteiger partial charge in [0.15, 0.2) is 0 Å². The fourth-order valence-electron chi connectivity index (χ4n) is 1.79. The van der Waals surface area contributed by atoms with E-state index in [-0.39, 0.29) is 5.97 Å². The van der Waals surface area contributed by atoms with Crippen LogP contribution in [0.2, 0.25) is 0 Å². The van der Waals surface area contributed by atoms with Crippen LogP contribution < -0.4 is 4.74 Å². The van der Waals surface area contributed by atoms with Crippen LogP contribution in [0, 0.1) is 0 Å². The maximum absolute atomic E-state index is 11.8. The van der Waals surface area contributed by atoms with Crippen LogP contribution in [0.1, 0.15) is 11.3 Å². The molecule has 0 fully saturated rings. The molecule has 0 N–H and O–H groups in total. The molecule has 0 aliphatic rings. The van der Waals surface area contributed by atoms with Gasteiger partial charge in [-0.3, -0.25) is 9.78 Å². The number of ether oxygens (including phenoxy) is 1. The van der Waals surface area contributed by atoms with Gasteiger partial charge in [-0.1, -0.05) is 5.21 Å². The maximum Gasteiger partial charge on any atom is 0.311 e. The molecule has 0 amide bonds.